The van der Waals surface area contributed by atoms with Crippen molar-refractivity contribution in [2.75, 3.05) is 0 Å². The van der Waals surface area contributed by atoms with Crippen molar-refractivity contribution in [3.05, 3.63) is 80.8 Å². The maximum Gasteiger partial charge on any atom is 0.199 e. The van der Waals surface area contributed by atoms with Crippen LogP contribution in [-0.2, 0) is 6.61 Å². The van der Waals surface area contributed by atoms with Crippen LogP contribution >= 0.6 is 28.1 Å². The maximum atomic E-state index is 6.01. The number of rotatable bonds is 4. The van der Waals surface area contributed by atoms with Crippen molar-refractivity contribution in [3.8, 4) is 11.4 Å². The number of ether oxygens (including phenoxy) is 1. The van der Waals surface area contributed by atoms with Crippen molar-refractivity contribution in [3.63, 3.8) is 0 Å². The first-order valence-electron chi connectivity index (χ1n) is 8.57. The van der Waals surface area contributed by atoms with Crippen LogP contribution in [-0.4, -0.2) is 14.8 Å². The highest BCUT2D eigenvalue weighted by Gasteiger charge is 2.12. The first-order chi connectivity index (χ1) is 13.0. The Morgan fingerprint density at radius 3 is 2.67 bits per heavy atom. The van der Waals surface area contributed by atoms with Crippen LogP contribution in [0.1, 0.15) is 17.0 Å². The Bertz CT molecular complexity index is 1200. The third-order valence-corrected chi connectivity index (χ3v) is 5.26. The van der Waals surface area contributed by atoms with E-state index in [9.17, 15) is 0 Å². The summed E-state index contributed by atoms with van der Waals surface area (Å²) in [6.45, 7) is 4.45. The van der Waals surface area contributed by atoms with E-state index in [0.29, 0.717) is 11.4 Å². The molecule has 0 fully saturated rings. The molecule has 0 saturated carbocycles. The normalized spacial score (nSPS) is 11.1. The molecule has 0 spiro atoms. The lowest BCUT2D eigenvalue weighted by Gasteiger charge is -2.12. The molecule has 0 radical (unpaired) electrons. The largest absolute Gasteiger partial charge is 0.486 e. The zero-order valence-electron chi connectivity index (χ0n) is 15.0. The van der Waals surface area contributed by atoms with Crippen molar-refractivity contribution in [1.82, 2.24) is 14.8 Å². The van der Waals surface area contributed by atoms with Crippen LogP contribution in [0.3, 0.4) is 0 Å². The molecule has 0 bridgehead atoms. The quantitative estimate of drug-likeness (QED) is 0.394. The van der Waals surface area contributed by atoms with Gasteiger partial charge in [0.05, 0.1) is 5.69 Å². The SMILES string of the molecule is Cc1ccc(C)c(-n2c(COc3ccc4cc(Br)ccc4c3)n[nH]c2=S)c1. The minimum absolute atomic E-state index is 0.322. The van der Waals surface area contributed by atoms with Crippen molar-refractivity contribution in [2.24, 2.45) is 0 Å². The van der Waals surface area contributed by atoms with Gasteiger partial charge in [0.2, 0.25) is 0 Å². The maximum absolute atomic E-state index is 6.01. The molecule has 4 nitrogen and oxygen atoms in total. The molecule has 27 heavy (non-hydrogen) atoms. The van der Waals surface area contributed by atoms with E-state index in [-0.39, 0.29) is 0 Å². The minimum atomic E-state index is 0.322. The van der Waals surface area contributed by atoms with Crippen LogP contribution in [0.4, 0.5) is 0 Å². The van der Waals surface area contributed by atoms with Crippen molar-refractivity contribution >= 4 is 38.9 Å². The molecule has 0 aliphatic rings. The number of H-pyrrole nitrogens is 1. The number of fused-ring (bicyclic) bond motifs is 1. The Labute approximate surface area is 170 Å². The second kappa shape index (κ2) is 7.29. The number of aryl methyl sites for hydroxylation is 2. The summed E-state index contributed by atoms with van der Waals surface area (Å²) in [5, 5.41) is 9.54. The van der Waals surface area contributed by atoms with Crippen LogP contribution in [0.2, 0.25) is 0 Å². The Balaban J connectivity index is 1.64. The number of hydrogen-bond donors (Lipinski definition) is 1. The summed E-state index contributed by atoms with van der Waals surface area (Å²) in [4.78, 5) is 0. The minimum Gasteiger partial charge on any atom is -0.486 e. The summed E-state index contributed by atoms with van der Waals surface area (Å²) in [7, 11) is 0. The summed E-state index contributed by atoms with van der Waals surface area (Å²) in [5.41, 5.74) is 3.33. The fourth-order valence-corrected chi connectivity index (χ4v) is 3.70. The van der Waals surface area contributed by atoms with Crippen LogP contribution in [0.5, 0.6) is 5.75 Å². The highest BCUT2D eigenvalue weighted by molar-refractivity contribution is 9.10. The molecule has 136 valence electrons. The fourth-order valence-electron chi connectivity index (χ4n) is 3.07. The molecule has 1 aromatic heterocycles. The van der Waals surface area contributed by atoms with E-state index >= 15 is 0 Å². The van der Waals surface area contributed by atoms with E-state index in [1.54, 1.807) is 0 Å². The Morgan fingerprint density at radius 1 is 1.04 bits per heavy atom. The number of nitrogens with one attached hydrogen (secondary N) is 1. The number of aromatic nitrogens is 3. The van der Waals surface area contributed by atoms with Gasteiger partial charge in [-0.2, -0.15) is 5.10 Å². The fraction of sp³-hybridized carbons (Fsp3) is 0.143. The second-order valence-corrected chi connectivity index (χ2v) is 7.81. The van der Waals surface area contributed by atoms with Crippen LogP contribution in [0.25, 0.3) is 16.5 Å². The molecule has 0 aliphatic carbocycles. The van der Waals surface area contributed by atoms with E-state index in [2.05, 4.69) is 76.4 Å². The molecular weight excluding hydrogens is 422 g/mol. The standard InChI is InChI=1S/C21H18BrN3OS/c1-13-3-4-14(2)19(9-13)25-20(23-24-21(25)27)12-26-18-8-6-15-10-17(22)7-5-16(15)11-18/h3-11H,12H2,1-2H3,(H,24,27). The topological polar surface area (TPSA) is 42.8 Å². The summed E-state index contributed by atoms with van der Waals surface area (Å²) in [6, 6.07) is 18.5. The smallest absolute Gasteiger partial charge is 0.199 e. The summed E-state index contributed by atoms with van der Waals surface area (Å²) >= 11 is 8.95. The van der Waals surface area contributed by atoms with Gasteiger partial charge in [0.1, 0.15) is 12.4 Å². The zero-order chi connectivity index (χ0) is 19.0. The van der Waals surface area contributed by atoms with Crippen LogP contribution < -0.4 is 4.74 Å². The number of nitrogens with zero attached hydrogens (tertiary/aromatic N) is 2. The van der Waals surface area contributed by atoms with E-state index in [4.69, 9.17) is 17.0 Å². The molecule has 6 heteroatoms. The third kappa shape index (κ3) is 3.68. The molecule has 0 atom stereocenters. The van der Waals surface area contributed by atoms with Gasteiger partial charge in [0, 0.05) is 4.47 Å². The molecule has 0 aliphatic heterocycles. The number of aromatic amines is 1. The predicted molar refractivity (Wildman–Crippen MR) is 114 cm³/mol. The van der Waals surface area contributed by atoms with Crippen molar-refractivity contribution in [2.45, 2.75) is 20.5 Å². The highest BCUT2D eigenvalue weighted by Crippen LogP contribution is 2.25. The van der Waals surface area contributed by atoms with Gasteiger partial charge < -0.3 is 4.74 Å². The van der Waals surface area contributed by atoms with Gasteiger partial charge in [-0.15, -0.1) is 0 Å². The highest BCUT2D eigenvalue weighted by atomic mass is 79.9. The van der Waals surface area contributed by atoms with E-state index in [1.807, 2.05) is 22.8 Å². The van der Waals surface area contributed by atoms with E-state index < -0.39 is 0 Å². The van der Waals surface area contributed by atoms with E-state index in [0.717, 1.165) is 38.1 Å². The average Bonchev–Trinajstić information content (AvgIpc) is 3.02. The monoisotopic (exact) mass is 439 g/mol. The first-order valence-corrected chi connectivity index (χ1v) is 9.77. The first kappa shape index (κ1) is 17.9. The molecule has 0 saturated heterocycles. The van der Waals surface area contributed by atoms with Gasteiger partial charge in [0.25, 0.3) is 0 Å². The molecule has 0 unspecified atom stereocenters. The Hall–Kier alpha value is -2.44. The number of hydrogen-bond acceptors (Lipinski definition) is 3. The lowest BCUT2D eigenvalue weighted by Crippen LogP contribution is -2.07. The number of benzene rings is 3. The molecular formula is C21H18BrN3OS. The van der Waals surface area contributed by atoms with E-state index in [1.165, 1.54) is 5.56 Å². The summed E-state index contributed by atoms with van der Waals surface area (Å²) in [5.74, 6) is 1.54. The molecule has 1 N–H and O–H groups in total. The Kier molecular flexibility index (Phi) is 4.85. The summed E-state index contributed by atoms with van der Waals surface area (Å²) in [6.07, 6.45) is 0. The lowest BCUT2D eigenvalue weighted by atomic mass is 10.1. The van der Waals surface area contributed by atoms with Crippen LogP contribution in [0.15, 0.2) is 59.1 Å². The molecule has 1 heterocycles. The van der Waals surface area contributed by atoms with Gasteiger partial charge in [-0.3, -0.25) is 9.67 Å². The lowest BCUT2D eigenvalue weighted by molar-refractivity contribution is 0.293. The molecule has 3 aromatic carbocycles. The van der Waals surface area contributed by atoms with Gasteiger partial charge in [-0.1, -0.05) is 40.2 Å². The van der Waals surface area contributed by atoms with Crippen molar-refractivity contribution < 1.29 is 4.74 Å². The molecule has 4 rings (SSSR count). The third-order valence-electron chi connectivity index (χ3n) is 4.49. The average molecular weight is 440 g/mol. The van der Waals surface area contributed by atoms with Gasteiger partial charge in [-0.05, 0) is 78.3 Å². The molecule has 0 amide bonds. The number of halogens is 1. The van der Waals surface area contributed by atoms with Gasteiger partial charge in [-0.25, -0.2) is 0 Å². The summed E-state index contributed by atoms with van der Waals surface area (Å²) < 4.78 is 9.58. The Morgan fingerprint density at radius 2 is 1.81 bits per heavy atom. The second-order valence-electron chi connectivity index (χ2n) is 6.51. The molecule has 4 aromatic rings. The predicted octanol–water partition coefficient (Wildman–Crippen LogP) is 6.04. The zero-order valence-corrected chi connectivity index (χ0v) is 17.4. The van der Waals surface area contributed by atoms with Crippen molar-refractivity contribution in [1.29, 1.82) is 0 Å². The van der Waals surface area contributed by atoms with Crippen LogP contribution in [0, 0.1) is 18.6 Å². The van der Waals surface area contributed by atoms with Gasteiger partial charge in [0.15, 0.2) is 10.6 Å². The van der Waals surface area contributed by atoms with Gasteiger partial charge >= 0.3 is 0 Å².